The molecule has 6 heteroatoms. The molecular formula is C10H8O5S. The fraction of sp³-hybridized carbons (Fsp3) is 0.100. The number of hydrogen-bond donors (Lipinski definition) is 1. The Labute approximate surface area is 91.9 Å². The van der Waals surface area contributed by atoms with Gasteiger partial charge >= 0.3 is 0 Å². The summed E-state index contributed by atoms with van der Waals surface area (Å²) < 4.78 is 28.3. The minimum Gasteiger partial charge on any atom is -0.507 e. The van der Waals surface area contributed by atoms with E-state index in [2.05, 4.69) is 0 Å². The molecule has 1 aromatic rings. The number of aromatic hydroxyl groups is 1. The van der Waals surface area contributed by atoms with Crippen molar-refractivity contribution in [1.29, 1.82) is 0 Å². The van der Waals surface area contributed by atoms with Crippen LogP contribution in [0.25, 0.3) is 0 Å². The number of hydrogen-bond acceptors (Lipinski definition) is 5. The summed E-state index contributed by atoms with van der Waals surface area (Å²) in [6.45, 7) is 0. The number of rotatable bonds is 1. The quantitative estimate of drug-likeness (QED) is 0.788. The smallest absolute Gasteiger partial charge is 0.204 e. The maximum Gasteiger partial charge on any atom is 0.204 e. The van der Waals surface area contributed by atoms with Crippen molar-refractivity contribution in [2.45, 2.75) is 4.90 Å². The van der Waals surface area contributed by atoms with Crippen molar-refractivity contribution in [2.75, 3.05) is 7.11 Å². The van der Waals surface area contributed by atoms with Crippen LogP contribution in [0.5, 0.6) is 11.5 Å². The molecule has 16 heavy (non-hydrogen) atoms. The third-order valence-electron chi connectivity index (χ3n) is 2.25. The van der Waals surface area contributed by atoms with Crippen molar-refractivity contribution in [3.63, 3.8) is 0 Å². The molecule has 0 saturated heterocycles. The van der Waals surface area contributed by atoms with Crippen molar-refractivity contribution in [2.24, 2.45) is 0 Å². The third-order valence-corrected chi connectivity index (χ3v) is 3.72. The Hall–Kier alpha value is -1.82. The SMILES string of the molecule is COc1ccc(O)c2c1S(=O)(=O)C=CC2=O. The second-order valence-electron chi connectivity index (χ2n) is 3.20. The topological polar surface area (TPSA) is 80.7 Å². The number of carbonyl (C=O) groups excluding carboxylic acids is 1. The first-order valence-corrected chi connectivity index (χ1v) is 5.89. The van der Waals surface area contributed by atoms with Crippen LogP contribution in [-0.2, 0) is 9.84 Å². The summed E-state index contributed by atoms with van der Waals surface area (Å²) in [5.74, 6) is -0.875. The van der Waals surface area contributed by atoms with Crippen molar-refractivity contribution < 1.29 is 23.1 Å². The number of benzene rings is 1. The molecule has 0 saturated carbocycles. The number of methoxy groups -OCH3 is 1. The summed E-state index contributed by atoms with van der Waals surface area (Å²) >= 11 is 0. The van der Waals surface area contributed by atoms with E-state index in [1.54, 1.807) is 0 Å². The van der Waals surface area contributed by atoms with Gasteiger partial charge in [0.25, 0.3) is 0 Å². The Morgan fingerprint density at radius 2 is 2.00 bits per heavy atom. The van der Waals surface area contributed by atoms with Crippen LogP contribution in [0.3, 0.4) is 0 Å². The third kappa shape index (κ3) is 1.38. The molecule has 5 nitrogen and oxygen atoms in total. The number of ether oxygens (including phenoxy) is 1. The molecule has 1 heterocycles. The summed E-state index contributed by atoms with van der Waals surface area (Å²) in [6.07, 6.45) is 0.914. The summed E-state index contributed by atoms with van der Waals surface area (Å²) in [7, 11) is -2.43. The van der Waals surface area contributed by atoms with E-state index in [4.69, 9.17) is 4.74 Å². The number of fused-ring (bicyclic) bond motifs is 1. The molecule has 0 aromatic heterocycles. The van der Waals surface area contributed by atoms with Gasteiger partial charge in [-0.2, -0.15) is 0 Å². The van der Waals surface area contributed by atoms with Crippen LogP contribution in [0.4, 0.5) is 0 Å². The average Bonchev–Trinajstić information content (AvgIpc) is 2.24. The lowest BCUT2D eigenvalue weighted by Crippen LogP contribution is -2.13. The number of allylic oxidation sites excluding steroid dienone is 1. The molecule has 84 valence electrons. The van der Waals surface area contributed by atoms with E-state index in [1.807, 2.05) is 0 Å². The second kappa shape index (κ2) is 3.34. The van der Waals surface area contributed by atoms with Gasteiger partial charge < -0.3 is 9.84 Å². The average molecular weight is 240 g/mol. The van der Waals surface area contributed by atoms with Gasteiger partial charge in [0.15, 0.2) is 5.78 Å². The highest BCUT2D eigenvalue weighted by Gasteiger charge is 2.30. The van der Waals surface area contributed by atoms with E-state index in [0.29, 0.717) is 0 Å². The van der Waals surface area contributed by atoms with E-state index >= 15 is 0 Å². The number of sulfone groups is 1. The first-order valence-electron chi connectivity index (χ1n) is 4.35. The Morgan fingerprint density at radius 3 is 2.62 bits per heavy atom. The van der Waals surface area contributed by atoms with Gasteiger partial charge in [-0.3, -0.25) is 4.79 Å². The summed E-state index contributed by atoms with van der Waals surface area (Å²) in [6, 6.07) is 2.53. The molecule has 0 unspecified atom stereocenters. The number of carbonyl (C=O) groups is 1. The van der Waals surface area contributed by atoms with Crippen LogP contribution < -0.4 is 4.74 Å². The van der Waals surface area contributed by atoms with Crippen LogP contribution in [0.2, 0.25) is 0 Å². The van der Waals surface area contributed by atoms with Crippen LogP contribution in [0.15, 0.2) is 28.5 Å². The minimum absolute atomic E-state index is 0.0468. The van der Waals surface area contributed by atoms with Crippen LogP contribution >= 0.6 is 0 Å². The molecule has 0 radical (unpaired) electrons. The number of ketones is 1. The van der Waals surface area contributed by atoms with Crippen molar-refractivity contribution in [3.05, 3.63) is 29.2 Å². The molecule has 1 aliphatic rings. The molecule has 1 aromatic carbocycles. The van der Waals surface area contributed by atoms with Crippen LogP contribution in [0, 0.1) is 0 Å². The first-order chi connectivity index (χ1) is 7.47. The van der Waals surface area contributed by atoms with Crippen LogP contribution in [-0.4, -0.2) is 26.4 Å². The Kier molecular flexibility index (Phi) is 2.23. The fourth-order valence-corrected chi connectivity index (χ4v) is 2.90. The Balaban J connectivity index is 2.92. The molecule has 0 atom stereocenters. The van der Waals surface area contributed by atoms with Crippen molar-refractivity contribution in [1.82, 2.24) is 0 Å². The van der Waals surface area contributed by atoms with E-state index in [1.165, 1.54) is 19.2 Å². The molecule has 2 rings (SSSR count). The lowest BCUT2D eigenvalue weighted by molar-refractivity contribution is 0.104. The standard InChI is InChI=1S/C10H8O5S/c1-15-8-3-2-6(11)9-7(12)4-5-16(13,14)10(8)9/h2-5,11H,1H3. The predicted molar refractivity (Wildman–Crippen MR) is 55.3 cm³/mol. The van der Waals surface area contributed by atoms with Crippen molar-refractivity contribution in [3.8, 4) is 11.5 Å². The highest BCUT2D eigenvalue weighted by molar-refractivity contribution is 7.94. The van der Waals surface area contributed by atoms with Gasteiger partial charge in [0.1, 0.15) is 16.4 Å². The second-order valence-corrected chi connectivity index (χ2v) is 4.97. The molecular weight excluding hydrogens is 232 g/mol. The maximum absolute atomic E-state index is 11.7. The first kappa shape index (κ1) is 10.7. The largest absolute Gasteiger partial charge is 0.507 e. The Bertz CT molecular complexity index is 598. The number of phenolic OH excluding ortho intramolecular Hbond substituents is 1. The van der Waals surface area contributed by atoms with Gasteiger partial charge in [-0.25, -0.2) is 8.42 Å². The summed E-state index contributed by atoms with van der Waals surface area (Å²) in [5, 5.41) is 10.3. The zero-order valence-corrected chi connectivity index (χ0v) is 9.11. The minimum atomic E-state index is -3.73. The van der Waals surface area contributed by atoms with E-state index < -0.39 is 15.6 Å². The highest BCUT2D eigenvalue weighted by atomic mass is 32.2. The van der Waals surface area contributed by atoms with E-state index in [-0.39, 0.29) is 22.0 Å². The molecule has 0 amide bonds. The van der Waals surface area contributed by atoms with E-state index in [0.717, 1.165) is 11.5 Å². The maximum atomic E-state index is 11.7. The van der Waals surface area contributed by atoms with Crippen molar-refractivity contribution >= 4 is 15.6 Å². The molecule has 1 aliphatic heterocycles. The van der Waals surface area contributed by atoms with Gasteiger partial charge in [-0.15, -0.1) is 0 Å². The van der Waals surface area contributed by atoms with E-state index in [9.17, 15) is 18.3 Å². The number of phenols is 1. The summed E-state index contributed by atoms with van der Waals surface area (Å²) in [5.41, 5.74) is -0.234. The zero-order chi connectivity index (χ0) is 11.9. The van der Waals surface area contributed by atoms with Gasteiger partial charge in [-0.1, -0.05) is 0 Å². The normalized spacial score (nSPS) is 16.9. The van der Waals surface area contributed by atoms with Gasteiger partial charge in [0.05, 0.1) is 12.7 Å². The molecule has 0 aliphatic carbocycles. The van der Waals surface area contributed by atoms with Crippen LogP contribution in [0.1, 0.15) is 10.4 Å². The summed E-state index contributed by atoms with van der Waals surface area (Å²) in [4.78, 5) is 11.2. The molecule has 1 N–H and O–H groups in total. The lowest BCUT2D eigenvalue weighted by atomic mass is 10.1. The fourth-order valence-electron chi connectivity index (χ4n) is 1.54. The van der Waals surface area contributed by atoms with Gasteiger partial charge in [-0.05, 0) is 18.2 Å². The molecule has 0 fully saturated rings. The van der Waals surface area contributed by atoms with Gasteiger partial charge in [0.2, 0.25) is 9.84 Å². The van der Waals surface area contributed by atoms with Gasteiger partial charge in [0, 0.05) is 5.41 Å². The Morgan fingerprint density at radius 1 is 1.31 bits per heavy atom. The molecule has 0 bridgehead atoms. The lowest BCUT2D eigenvalue weighted by Gasteiger charge is -2.15. The highest BCUT2D eigenvalue weighted by Crippen LogP contribution is 2.37. The predicted octanol–water partition coefficient (Wildman–Crippen LogP) is 0.885. The zero-order valence-electron chi connectivity index (χ0n) is 8.30. The molecule has 0 spiro atoms. The monoisotopic (exact) mass is 240 g/mol.